The standard InChI is InChI=1S/C11H12Cl3NO/c1-6(2)15-11(16)10(14)8-5-7(12)3-4-9(8)13/h3-6,10H,1-2H3,(H,15,16). The van der Waals surface area contributed by atoms with E-state index in [9.17, 15) is 4.79 Å². The van der Waals surface area contributed by atoms with Crippen molar-refractivity contribution in [1.29, 1.82) is 0 Å². The van der Waals surface area contributed by atoms with Gasteiger partial charge >= 0.3 is 0 Å². The lowest BCUT2D eigenvalue weighted by atomic mass is 10.1. The van der Waals surface area contributed by atoms with E-state index in [2.05, 4.69) is 5.32 Å². The average Bonchev–Trinajstić information content (AvgIpc) is 2.19. The summed E-state index contributed by atoms with van der Waals surface area (Å²) < 4.78 is 0. The van der Waals surface area contributed by atoms with Crippen molar-refractivity contribution in [1.82, 2.24) is 5.32 Å². The molecule has 1 amide bonds. The Hall–Kier alpha value is -0.440. The number of halogens is 3. The van der Waals surface area contributed by atoms with Crippen molar-refractivity contribution in [3.63, 3.8) is 0 Å². The van der Waals surface area contributed by atoms with E-state index in [-0.39, 0.29) is 11.9 Å². The van der Waals surface area contributed by atoms with Crippen LogP contribution in [0.3, 0.4) is 0 Å². The molecule has 2 nitrogen and oxygen atoms in total. The molecule has 16 heavy (non-hydrogen) atoms. The van der Waals surface area contributed by atoms with E-state index in [0.717, 1.165) is 0 Å². The van der Waals surface area contributed by atoms with Gasteiger partial charge in [-0.1, -0.05) is 23.2 Å². The van der Waals surface area contributed by atoms with Gasteiger partial charge < -0.3 is 5.32 Å². The summed E-state index contributed by atoms with van der Waals surface area (Å²) in [5.74, 6) is -0.277. The first-order chi connectivity index (χ1) is 7.41. The maximum Gasteiger partial charge on any atom is 0.242 e. The number of carbonyl (C=O) groups is 1. The molecule has 1 aromatic rings. The van der Waals surface area contributed by atoms with Gasteiger partial charge in [0, 0.05) is 16.1 Å². The number of amides is 1. The molecular weight excluding hydrogens is 268 g/mol. The zero-order valence-electron chi connectivity index (χ0n) is 8.93. The lowest BCUT2D eigenvalue weighted by molar-refractivity contribution is -0.121. The van der Waals surface area contributed by atoms with Crippen molar-refractivity contribution in [3.05, 3.63) is 33.8 Å². The SMILES string of the molecule is CC(C)NC(=O)C(Cl)c1cc(Cl)ccc1Cl. The van der Waals surface area contributed by atoms with Crippen molar-refractivity contribution in [2.24, 2.45) is 0 Å². The van der Waals surface area contributed by atoms with Crippen LogP contribution in [0, 0.1) is 0 Å². The Labute approximate surface area is 110 Å². The highest BCUT2D eigenvalue weighted by molar-refractivity contribution is 6.37. The lowest BCUT2D eigenvalue weighted by Crippen LogP contribution is -2.32. The van der Waals surface area contributed by atoms with Crippen LogP contribution in [0.15, 0.2) is 18.2 Å². The first-order valence-electron chi connectivity index (χ1n) is 4.81. The van der Waals surface area contributed by atoms with Gasteiger partial charge in [-0.05, 0) is 37.6 Å². The van der Waals surface area contributed by atoms with Gasteiger partial charge in [-0.25, -0.2) is 0 Å². The van der Waals surface area contributed by atoms with Crippen LogP contribution in [-0.4, -0.2) is 11.9 Å². The topological polar surface area (TPSA) is 29.1 Å². The van der Waals surface area contributed by atoms with Crippen LogP contribution in [0.25, 0.3) is 0 Å². The van der Waals surface area contributed by atoms with Gasteiger partial charge in [-0.15, -0.1) is 11.6 Å². The second kappa shape index (κ2) is 5.76. The Morgan fingerprint density at radius 2 is 1.94 bits per heavy atom. The second-order valence-corrected chi connectivity index (χ2v) is 4.97. The average molecular weight is 281 g/mol. The summed E-state index contributed by atoms with van der Waals surface area (Å²) in [6, 6.07) is 4.91. The number of nitrogens with one attached hydrogen (secondary N) is 1. The summed E-state index contributed by atoms with van der Waals surface area (Å²) in [6.07, 6.45) is 0. The zero-order valence-corrected chi connectivity index (χ0v) is 11.2. The highest BCUT2D eigenvalue weighted by Crippen LogP contribution is 2.30. The van der Waals surface area contributed by atoms with Crippen LogP contribution in [0.4, 0.5) is 0 Å². The smallest absolute Gasteiger partial charge is 0.242 e. The number of hydrogen-bond donors (Lipinski definition) is 1. The normalized spacial score (nSPS) is 12.6. The molecule has 0 saturated heterocycles. The number of rotatable bonds is 3. The third-order valence-corrected chi connectivity index (χ3v) is 2.90. The first kappa shape index (κ1) is 13.6. The predicted molar refractivity (Wildman–Crippen MR) is 68.3 cm³/mol. The van der Waals surface area contributed by atoms with Crippen molar-refractivity contribution in [2.75, 3.05) is 0 Å². The molecule has 1 N–H and O–H groups in total. The molecule has 0 aliphatic carbocycles. The quantitative estimate of drug-likeness (QED) is 0.838. The molecule has 1 aromatic carbocycles. The molecule has 0 bridgehead atoms. The lowest BCUT2D eigenvalue weighted by Gasteiger charge is -2.14. The molecule has 5 heteroatoms. The number of alkyl halides is 1. The van der Waals surface area contributed by atoms with E-state index >= 15 is 0 Å². The fourth-order valence-electron chi connectivity index (χ4n) is 1.21. The van der Waals surface area contributed by atoms with Crippen LogP contribution in [0.5, 0.6) is 0 Å². The van der Waals surface area contributed by atoms with Crippen molar-refractivity contribution < 1.29 is 4.79 Å². The molecule has 0 aromatic heterocycles. The van der Waals surface area contributed by atoms with Gasteiger partial charge in [0.1, 0.15) is 5.38 Å². The monoisotopic (exact) mass is 279 g/mol. The Kier molecular flexibility index (Phi) is 4.90. The van der Waals surface area contributed by atoms with Crippen LogP contribution in [-0.2, 0) is 4.79 Å². The molecular formula is C11H12Cl3NO. The largest absolute Gasteiger partial charge is 0.352 e. The number of benzene rings is 1. The van der Waals surface area contributed by atoms with Crippen molar-refractivity contribution in [3.8, 4) is 0 Å². The predicted octanol–water partition coefficient (Wildman–Crippen LogP) is 3.80. The van der Waals surface area contributed by atoms with Gasteiger partial charge in [0.15, 0.2) is 0 Å². The highest BCUT2D eigenvalue weighted by atomic mass is 35.5. The van der Waals surface area contributed by atoms with Gasteiger partial charge in [0.25, 0.3) is 0 Å². The molecule has 0 spiro atoms. The molecule has 0 aliphatic rings. The maximum atomic E-state index is 11.7. The summed E-state index contributed by atoms with van der Waals surface area (Å²) in [6.45, 7) is 3.72. The first-order valence-corrected chi connectivity index (χ1v) is 6.00. The fourth-order valence-corrected chi connectivity index (χ4v) is 1.91. The third kappa shape index (κ3) is 3.55. The van der Waals surface area contributed by atoms with E-state index in [0.29, 0.717) is 15.6 Å². The molecule has 88 valence electrons. The third-order valence-electron chi connectivity index (χ3n) is 1.89. The van der Waals surface area contributed by atoms with Gasteiger partial charge in [-0.3, -0.25) is 4.79 Å². The van der Waals surface area contributed by atoms with E-state index in [1.807, 2.05) is 13.8 Å². The molecule has 0 fully saturated rings. The molecule has 0 radical (unpaired) electrons. The summed E-state index contributed by atoms with van der Waals surface area (Å²) in [5.41, 5.74) is 0.522. The zero-order chi connectivity index (χ0) is 12.3. The summed E-state index contributed by atoms with van der Waals surface area (Å²) in [4.78, 5) is 11.7. The van der Waals surface area contributed by atoms with Crippen molar-refractivity contribution >= 4 is 40.7 Å². The molecule has 0 aliphatic heterocycles. The van der Waals surface area contributed by atoms with Gasteiger partial charge in [-0.2, -0.15) is 0 Å². The highest BCUT2D eigenvalue weighted by Gasteiger charge is 2.20. The van der Waals surface area contributed by atoms with Crippen LogP contribution in [0.1, 0.15) is 24.8 Å². The number of carbonyl (C=O) groups excluding carboxylic acids is 1. The minimum atomic E-state index is -0.825. The van der Waals surface area contributed by atoms with Crippen molar-refractivity contribution in [2.45, 2.75) is 25.3 Å². The Bertz CT molecular complexity index is 393. The minimum Gasteiger partial charge on any atom is -0.352 e. The molecule has 1 rings (SSSR count). The summed E-state index contributed by atoms with van der Waals surface area (Å²) in [5, 5.41) is 2.83. The number of hydrogen-bond acceptors (Lipinski definition) is 1. The van der Waals surface area contributed by atoms with Gasteiger partial charge in [0.2, 0.25) is 5.91 Å². The molecule has 0 heterocycles. The van der Waals surface area contributed by atoms with Crippen LogP contribution >= 0.6 is 34.8 Å². The van der Waals surface area contributed by atoms with Crippen LogP contribution < -0.4 is 5.32 Å². The van der Waals surface area contributed by atoms with Gasteiger partial charge in [0.05, 0.1) is 0 Å². The molecule has 1 atom stereocenters. The van der Waals surface area contributed by atoms with E-state index in [1.54, 1.807) is 18.2 Å². The molecule has 1 unspecified atom stereocenters. The van der Waals surface area contributed by atoms with E-state index in [4.69, 9.17) is 34.8 Å². The Morgan fingerprint density at radius 3 is 2.50 bits per heavy atom. The second-order valence-electron chi connectivity index (χ2n) is 3.69. The van der Waals surface area contributed by atoms with E-state index in [1.165, 1.54) is 0 Å². The molecule has 0 saturated carbocycles. The fraction of sp³-hybridized carbons (Fsp3) is 0.364. The van der Waals surface area contributed by atoms with Crippen LogP contribution in [0.2, 0.25) is 10.0 Å². The summed E-state index contributed by atoms with van der Waals surface area (Å²) in [7, 11) is 0. The Morgan fingerprint density at radius 1 is 1.31 bits per heavy atom. The minimum absolute atomic E-state index is 0.0340. The Balaban J connectivity index is 2.91. The van der Waals surface area contributed by atoms with E-state index < -0.39 is 5.38 Å². The summed E-state index contributed by atoms with van der Waals surface area (Å²) >= 11 is 17.8. The maximum absolute atomic E-state index is 11.7.